The van der Waals surface area contributed by atoms with Gasteiger partial charge in [0.25, 0.3) is 5.16 Å². The number of phenolic OH excluding ortho intramolecular Hbond substituents is 2. The lowest BCUT2D eigenvalue weighted by molar-refractivity contribution is -0.125. The number of rotatable bonds is 7. The van der Waals surface area contributed by atoms with E-state index < -0.39 is 26.7 Å². The van der Waals surface area contributed by atoms with Gasteiger partial charge in [-0.05, 0) is 41.8 Å². The molecule has 0 aliphatic carbocycles. The lowest BCUT2D eigenvalue weighted by atomic mass is 9.98. The summed E-state index contributed by atoms with van der Waals surface area (Å²) in [7, 11) is 0.222. The Morgan fingerprint density at radius 3 is 2.27 bits per heavy atom. The van der Waals surface area contributed by atoms with Gasteiger partial charge in [0.05, 0.1) is 18.4 Å². The van der Waals surface area contributed by atoms with Crippen molar-refractivity contribution in [2.24, 2.45) is 0 Å². The first-order chi connectivity index (χ1) is 15.5. The summed E-state index contributed by atoms with van der Waals surface area (Å²) < 4.78 is 32.7. The third-order valence-electron chi connectivity index (χ3n) is 5.06. The average Bonchev–Trinajstić information content (AvgIpc) is 3.19. The minimum Gasteiger partial charge on any atom is -0.508 e. The number of hydrogen-bond acceptors (Lipinski definition) is 8. The first kappa shape index (κ1) is 24.1. The predicted octanol–water partition coefficient (Wildman–Crippen LogP) is 2.34. The molecule has 0 unspecified atom stereocenters. The zero-order valence-corrected chi connectivity index (χ0v) is 19.8. The Morgan fingerprint density at radius 2 is 1.73 bits per heavy atom. The number of aromatic nitrogens is 3. The van der Waals surface area contributed by atoms with Gasteiger partial charge in [-0.25, -0.2) is 8.42 Å². The van der Waals surface area contributed by atoms with E-state index in [2.05, 4.69) is 10.2 Å². The van der Waals surface area contributed by atoms with Gasteiger partial charge in [-0.3, -0.25) is 9.36 Å². The Labute approximate surface area is 192 Å². The Kier molecular flexibility index (Phi) is 6.63. The van der Waals surface area contributed by atoms with E-state index in [1.807, 2.05) is 13.8 Å². The fourth-order valence-corrected chi connectivity index (χ4v) is 4.55. The number of phenols is 2. The summed E-state index contributed by atoms with van der Waals surface area (Å²) >= 11 is 0. The first-order valence-corrected chi connectivity index (χ1v) is 11.7. The zero-order valence-electron chi connectivity index (χ0n) is 19.0. The van der Waals surface area contributed by atoms with Crippen molar-refractivity contribution in [3.8, 4) is 34.3 Å². The van der Waals surface area contributed by atoms with Gasteiger partial charge in [0.15, 0.2) is 5.82 Å². The normalized spacial score (nSPS) is 11.6. The van der Waals surface area contributed by atoms with Crippen molar-refractivity contribution in [1.82, 2.24) is 19.7 Å². The van der Waals surface area contributed by atoms with Crippen molar-refractivity contribution in [2.45, 2.75) is 24.9 Å². The van der Waals surface area contributed by atoms with Crippen molar-refractivity contribution in [1.29, 1.82) is 0 Å². The van der Waals surface area contributed by atoms with Crippen molar-refractivity contribution >= 4 is 15.7 Å². The second-order valence-corrected chi connectivity index (χ2v) is 9.85. The summed E-state index contributed by atoms with van der Waals surface area (Å²) in [5.41, 5.74) is 1.10. The number of sulfone groups is 1. The molecule has 33 heavy (non-hydrogen) atoms. The van der Waals surface area contributed by atoms with E-state index >= 15 is 0 Å². The van der Waals surface area contributed by atoms with E-state index in [4.69, 9.17) is 4.74 Å². The molecule has 0 bridgehead atoms. The van der Waals surface area contributed by atoms with Crippen molar-refractivity contribution < 1.29 is 28.2 Å². The molecule has 0 atom stereocenters. The summed E-state index contributed by atoms with van der Waals surface area (Å²) in [6.07, 6.45) is 0. The number of carbonyl (C=O) groups is 1. The first-order valence-electron chi connectivity index (χ1n) is 10.0. The molecule has 3 aromatic rings. The van der Waals surface area contributed by atoms with Crippen LogP contribution >= 0.6 is 0 Å². The minimum absolute atomic E-state index is 0.0374. The lowest BCUT2D eigenvalue weighted by Crippen LogP contribution is -2.30. The van der Waals surface area contributed by atoms with Gasteiger partial charge in [-0.15, -0.1) is 10.2 Å². The van der Waals surface area contributed by atoms with E-state index in [1.165, 1.54) is 36.7 Å². The maximum absolute atomic E-state index is 13.1. The number of aromatic hydroxyl groups is 2. The smallest absolute Gasteiger partial charge is 0.255 e. The minimum atomic E-state index is -4.20. The average molecular weight is 475 g/mol. The van der Waals surface area contributed by atoms with Crippen LogP contribution in [0.4, 0.5) is 0 Å². The number of hydrogen-bond donors (Lipinski definition) is 2. The van der Waals surface area contributed by atoms with Crippen molar-refractivity contribution in [3.63, 3.8) is 0 Å². The van der Waals surface area contributed by atoms with Crippen LogP contribution in [-0.2, 0) is 14.6 Å². The van der Waals surface area contributed by atoms with Gasteiger partial charge in [0.1, 0.15) is 23.0 Å². The van der Waals surface area contributed by atoms with Gasteiger partial charge in [0, 0.05) is 20.2 Å². The van der Waals surface area contributed by atoms with Crippen LogP contribution < -0.4 is 4.74 Å². The summed E-state index contributed by atoms with van der Waals surface area (Å²) in [6, 6.07) is 9.22. The number of amides is 1. The Morgan fingerprint density at radius 1 is 1.09 bits per heavy atom. The second-order valence-electron chi connectivity index (χ2n) is 7.97. The molecule has 0 aliphatic rings. The summed E-state index contributed by atoms with van der Waals surface area (Å²) in [6.45, 7) is 3.74. The van der Waals surface area contributed by atoms with Crippen LogP contribution in [0, 0.1) is 0 Å². The van der Waals surface area contributed by atoms with Crippen LogP contribution in [0.15, 0.2) is 41.6 Å². The molecular formula is C22H26N4O6S. The molecule has 1 aromatic heterocycles. The molecule has 1 heterocycles. The van der Waals surface area contributed by atoms with Crippen LogP contribution in [-0.4, -0.2) is 71.2 Å². The third-order valence-corrected chi connectivity index (χ3v) is 6.51. The molecule has 1 amide bonds. The highest BCUT2D eigenvalue weighted by Crippen LogP contribution is 2.38. The molecule has 10 nitrogen and oxygen atoms in total. The van der Waals surface area contributed by atoms with Crippen LogP contribution in [0.3, 0.4) is 0 Å². The highest BCUT2D eigenvalue weighted by atomic mass is 32.2. The molecule has 0 radical (unpaired) electrons. The molecule has 3 rings (SSSR count). The Hall–Kier alpha value is -3.60. The highest BCUT2D eigenvalue weighted by molar-refractivity contribution is 7.92. The molecule has 0 saturated carbocycles. The van der Waals surface area contributed by atoms with Crippen molar-refractivity contribution in [2.75, 3.05) is 27.0 Å². The maximum atomic E-state index is 13.1. The molecular weight excluding hydrogens is 448 g/mol. The molecule has 0 fully saturated rings. The maximum Gasteiger partial charge on any atom is 0.255 e. The van der Waals surface area contributed by atoms with Crippen molar-refractivity contribution in [3.05, 3.63) is 42.0 Å². The number of benzene rings is 2. The Bertz CT molecular complexity index is 1280. The third kappa shape index (κ3) is 4.77. The fraction of sp³-hybridized carbons (Fsp3) is 0.318. The predicted molar refractivity (Wildman–Crippen MR) is 122 cm³/mol. The van der Waals surface area contributed by atoms with Gasteiger partial charge in [-0.1, -0.05) is 13.8 Å². The van der Waals surface area contributed by atoms with E-state index in [9.17, 15) is 23.4 Å². The summed E-state index contributed by atoms with van der Waals surface area (Å²) in [5.74, 6) is -1.30. The van der Waals surface area contributed by atoms with E-state index in [0.29, 0.717) is 17.0 Å². The Balaban J connectivity index is 2.29. The number of carbonyl (C=O) groups excluding carboxylic acids is 1. The standard InChI is InChI=1S/C22H26N4O6S/c1-13(2)16-10-17(19(28)11-18(16)27)21-23-24-22(33(30,31)12-20(29)25(3)4)26(21)14-6-8-15(32-5)9-7-14/h6-11,13,27-28H,12H2,1-5H3. The number of ether oxygens (including phenoxy) is 1. The molecule has 0 aliphatic heterocycles. The number of methoxy groups -OCH3 is 1. The summed E-state index contributed by atoms with van der Waals surface area (Å²) in [4.78, 5) is 13.3. The van der Waals surface area contributed by atoms with Gasteiger partial charge >= 0.3 is 0 Å². The number of nitrogens with zero attached hydrogens (tertiary/aromatic N) is 4. The zero-order chi connectivity index (χ0) is 24.5. The molecule has 0 spiro atoms. The van der Waals surface area contributed by atoms with Crippen LogP contribution in [0.1, 0.15) is 25.3 Å². The SMILES string of the molecule is COc1ccc(-n2c(-c3cc(C(C)C)c(O)cc3O)nnc2S(=O)(=O)CC(=O)N(C)C)cc1. The summed E-state index contributed by atoms with van der Waals surface area (Å²) in [5, 5.41) is 28.3. The molecule has 2 N–H and O–H groups in total. The monoisotopic (exact) mass is 474 g/mol. The second kappa shape index (κ2) is 9.10. The van der Waals surface area contributed by atoms with Crippen LogP contribution in [0.5, 0.6) is 17.2 Å². The van der Waals surface area contributed by atoms with Gasteiger partial charge in [0.2, 0.25) is 15.7 Å². The van der Waals surface area contributed by atoms with E-state index in [-0.39, 0.29) is 28.8 Å². The topological polar surface area (TPSA) is 135 Å². The molecule has 176 valence electrons. The van der Waals surface area contributed by atoms with Gasteiger partial charge < -0.3 is 19.8 Å². The quantitative estimate of drug-likeness (QED) is 0.533. The fourth-order valence-electron chi connectivity index (χ4n) is 3.20. The molecule has 2 aromatic carbocycles. The largest absolute Gasteiger partial charge is 0.508 e. The molecule has 11 heteroatoms. The van der Waals surface area contributed by atoms with E-state index in [1.54, 1.807) is 30.3 Å². The van der Waals surface area contributed by atoms with Gasteiger partial charge in [-0.2, -0.15) is 0 Å². The lowest BCUT2D eigenvalue weighted by Gasteiger charge is -2.15. The highest BCUT2D eigenvalue weighted by Gasteiger charge is 2.30. The molecule has 0 saturated heterocycles. The van der Waals surface area contributed by atoms with Crippen LogP contribution in [0.25, 0.3) is 17.1 Å². The van der Waals surface area contributed by atoms with Crippen LogP contribution in [0.2, 0.25) is 0 Å². The van der Waals surface area contributed by atoms with E-state index in [0.717, 1.165) is 0 Å².